The van der Waals surface area contributed by atoms with Crippen molar-refractivity contribution < 1.29 is 14.7 Å². The van der Waals surface area contributed by atoms with Crippen LogP contribution in [0.3, 0.4) is 0 Å². The highest BCUT2D eigenvalue weighted by Gasteiger charge is 2.33. The molecule has 8 heteroatoms. The third-order valence-electron chi connectivity index (χ3n) is 4.04. The fourth-order valence-corrected chi connectivity index (χ4v) is 2.78. The van der Waals surface area contributed by atoms with E-state index in [1.165, 1.54) is 4.90 Å². The Morgan fingerprint density at radius 1 is 1.17 bits per heavy atom. The number of aromatic nitrogens is 2. The maximum Gasteiger partial charge on any atom is 0.308 e. The van der Waals surface area contributed by atoms with Crippen LogP contribution < -0.4 is 11.1 Å². The van der Waals surface area contributed by atoms with Crippen LogP contribution in [0.15, 0.2) is 33.9 Å². The van der Waals surface area contributed by atoms with Crippen LogP contribution in [0.5, 0.6) is 0 Å². The van der Waals surface area contributed by atoms with E-state index in [1.54, 1.807) is 24.3 Å². The zero-order valence-electron chi connectivity index (χ0n) is 12.2. The maximum absolute atomic E-state index is 12.3. The first-order valence-electron chi connectivity index (χ1n) is 7.20. The first-order valence-corrected chi connectivity index (χ1v) is 7.20. The van der Waals surface area contributed by atoms with Crippen LogP contribution >= 0.6 is 0 Å². The molecule has 1 amide bonds. The van der Waals surface area contributed by atoms with Gasteiger partial charge in [0.1, 0.15) is 0 Å². The Balaban J connectivity index is 1.82. The quantitative estimate of drug-likeness (QED) is 0.798. The molecular formula is C15H15N3O5. The van der Waals surface area contributed by atoms with Crippen LogP contribution in [0.25, 0.3) is 10.8 Å². The minimum Gasteiger partial charge on any atom is -0.481 e. The molecule has 0 aliphatic carbocycles. The molecule has 1 aliphatic heterocycles. The van der Waals surface area contributed by atoms with Crippen molar-refractivity contribution in [3.63, 3.8) is 0 Å². The number of H-pyrrole nitrogens is 1. The van der Waals surface area contributed by atoms with E-state index in [-0.39, 0.29) is 43.1 Å². The first kappa shape index (κ1) is 15.0. The van der Waals surface area contributed by atoms with Crippen LogP contribution in [-0.4, -0.2) is 44.8 Å². The summed E-state index contributed by atoms with van der Waals surface area (Å²) in [5.41, 5.74) is -0.724. The predicted molar refractivity (Wildman–Crippen MR) is 81.2 cm³/mol. The molecule has 8 nitrogen and oxygen atoms in total. The summed E-state index contributed by atoms with van der Waals surface area (Å²) in [4.78, 5) is 48.4. The lowest BCUT2D eigenvalue weighted by Crippen LogP contribution is -2.36. The van der Waals surface area contributed by atoms with E-state index in [4.69, 9.17) is 5.11 Å². The number of amides is 1. The van der Waals surface area contributed by atoms with E-state index in [9.17, 15) is 19.2 Å². The van der Waals surface area contributed by atoms with Crippen molar-refractivity contribution in [3.05, 3.63) is 45.0 Å². The predicted octanol–water partition coefficient (Wildman–Crippen LogP) is -0.377. The number of rotatable bonds is 4. The number of carboxylic acids is 1. The standard InChI is InChI=1S/C15H15N3O5/c19-12-7-9(15(22)23)8-17(12)5-6-18-14(21)11-4-2-1-3-10(11)13(20)16-18/h1-4,9H,5-8H2,(H,16,20)(H,22,23)/t9-/m0/s1. The maximum atomic E-state index is 12.3. The van der Waals surface area contributed by atoms with Gasteiger partial charge < -0.3 is 10.0 Å². The Morgan fingerprint density at radius 3 is 2.52 bits per heavy atom. The molecule has 1 aromatic carbocycles. The Bertz CT molecular complexity index is 898. The van der Waals surface area contributed by atoms with Gasteiger partial charge in [0, 0.05) is 19.5 Å². The molecule has 0 unspecified atom stereocenters. The number of carbonyl (C=O) groups is 2. The molecule has 1 saturated heterocycles. The number of aromatic amines is 1. The number of carbonyl (C=O) groups excluding carboxylic acids is 1. The van der Waals surface area contributed by atoms with E-state index in [2.05, 4.69) is 5.10 Å². The van der Waals surface area contributed by atoms with E-state index in [0.717, 1.165) is 4.68 Å². The average Bonchev–Trinajstić information content (AvgIpc) is 2.91. The summed E-state index contributed by atoms with van der Waals surface area (Å²) in [5, 5.41) is 12.1. The molecule has 0 saturated carbocycles. The molecule has 120 valence electrons. The van der Waals surface area contributed by atoms with E-state index in [0.29, 0.717) is 10.8 Å². The molecule has 1 fully saturated rings. The van der Waals surface area contributed by atoms with Crippen LogP contribution in [0.2, 0.25) is 0 Å². The van der Waals surface area contributed by atoms with Gasteiger partial charge in [0.15, 0.2) is 0 Å². The van der Waals surface area contributed by atoms with E-state index < -0.39 is 11.9 Å². The fourth-order valence-electron chi connectivity index (χ4n) is 2.78. The van der Waals surface area contributed by atoms with Crippen molar-refractivity contribution in [2.45, 2.75) is 13.0 Å². The molecule has 2 N–H and O–H groups in total. The van der Waals surface area contributed by atoms with Crippen molar-refractivity contribution in [1.29, 1.82) is 0 Å². The SMILES string of the molecule is O=C(O)[C@H]1CC(=O)N(CCn2[nH]c(=O)c3ccccc3c2=O)C1. The summed E-state index contributed by atoms with van der Waals surface area (Å²) < 4.78 is 1.16. The minimum absolute atomic E-state index is 0.0293. The third kappa shape index (κ3) is 2.75. The van der Waals surface area contributed by atoms with Crippen molar-refractivity contribution >= 4 is 22.6 Å². The van der Waals surface area contributed by atoms with Crippen molar-refractivity contribution in [2.24, 2.45) is 5.92 Å². The van der Waals surface area contributed by atoms with Gasteiger partial charge in [0.25, 0.3) is 11.1 Å². The number of carboxylic acid groups (broad SMARTS) is 1. The first-order chi connectivity index (χ1) is 11.0. The second kappa shape index (κ2) is 5.71. The largest absolute Gasteiger partial charge is 0.481 e. The molecule has 0 bridgehead atoms. The van der Waals surface area contributed by atoms with E-state index >= 15 is 0 Å². The number of benzene rings is 1. The molecule has 0 radical (unpaired) electrons. The number of likely N-dealkylation sites (tertiary alicyclic amines) is 1. The number of hydrogen-bond acceptors (Lipinski definition) is 4. The van der Waals surface area contributed by atoms with Gasteiger partial charge in [0.05, 0.1) is 23.2 Å². The average molecular weight is 317 g/mol. The number of nitrogens with zero attached hydrogens (tertiary/aromatic N) is 2. The van der Waals surface area contributed by atoms with Crippen LogP contribution in [0.4, 0.5) is 0 Å². The lowest BCUT2D eigenvalue weighted by molar-refractivity contribution is -0.141. The van der Waals surface area contributed by atoms with Gasteiger partial charge in [-0.05, 0) is 12.1 Å². The molecule has 3 rings (SSSR count). The van der Waals surface area contributed by atoms with Crippen molar-refractivity contribution in [2.75, 3.05) is 13.1 Å². The number of fused-ring (bicyclic) bond motifs is 1. The topological polar surface area (TPSA) is 112 Å². The Kier molecular flexibility index (Phi) is 3.73. The van der Waals surface area contributed by atoms with E-state index in [1.807, 2.05) is 0 Å². The molecule has 1 atom stereocenters. The lowest BCUT2D eigenvalue weighted by atomic mass is 10.1. The highest BCUT2D eigenvalue weighted by Crippen LogP contribution is 2.17. The lowest BCUT2D eigenvalue weighted by Gasteiger charge is -2.16. The molecular weight excluding hydrogens is 302 g/mol. The Hall–Kier alpha value is -2.90. The Labute approximate surface area is 129 Å². The highest BCUT2D eigenvalue weighted by atomic mass is 16.4. The fraction of sp³-hybridized carbons (Fsp3) is 0.333. The number of hydrogen-bond donors (Lipinski definition) is 2. The second-order valence-corrected chi connectivity index (χ2v) is 5.52. The summed E-state index contributed by atoms with van der Waals surface area (Å²) in [6.07, 6.45) is -0.0293. The zero-order valence-corrected chi connectivity index (χ0v) is 12.2. The zero-order chi connectivity index (χ0) is 16.6. The molecule has 23 heavy (non-hydrogen) atoms. The molecule has 1 aliphatic rings. The van der Waals surface area contributed by atoms with Gasteiger partial charge in [-0.25, -0.2) is 4.68 Å². The summed E-state index contributed by atoms with van der Waals surface area (Å²) >= 11 is 0. The summed E-state index contributed by atoms with van der Waals surface area (Å²) in [6.45, 7) is 0.411. The normalized spacial score (nSPS) is 17.8. The van der Waals surface area contributed by atoms with Gasteiger partial charge in [-0.2, -0.15) is 0 Å². The van der Waals surface area contributed by atoms with Gasteiger partial charge in [-0.3, -0.25) is 24.3 Å². The molecule has 1 aromatic heterocycles. The second-order valence-electron chi connectivity index (χ2n) is 5.52. The van der Waals surface area contributed by atoms with Gasteiger partial charge >= 0.3 is 5.97 Å². The van der Waals surface area contributed by atoms with Gasteiger partial charge in [-0.1, -0.05) is 12.1 Å². The summed E-state index contributed by atoms with van der Waals surface area (Å²) in [7, 11) is 0. The molecule has 2 heterocycles. The molecule has 2 aromatic rings. The number of nitrogens with one attached hydrogen (secondary N) is 1. The smallest absolute Gasteiger partial charge is 0.308 e. The van der Waals surface area contributed by atoms with Gasteiger partial charge in [0.2, 0.25) is 5.91 Å². The monoisotopic (exact) mass is 317 g/mol. The summed E-state index contributed by atoms with van der Waals surface area (Å²) in [5.74, 6) is -1.97. The van der Waals surface area contributed by atoms with Crippen LogP contribution in [0, 0.1) is 5.92 Å². The van der Waals surface area contributed by atoms with Crippen molar-refractivity contribution in [3.8, 4) is 0 Å². The van der Waals surface area contributed by atoms with Crippen LogP contribution in [0.1, 0.15) is 6.42 Å². The third-order valence-corrected chi connectivity index (χ3v) is 4.04. The Morgan fingerprint density at radius 2 is 1.87 bits per heavy atom. The summed E-state index contributed by atoms with van der Waals surface area (Å²) in [6, 6.07) is 6.50. The highest BCUT2D eigenvalue weighted by molar-refractivity contribution is 5.86. The van der Waals surface area contributed by atoms with Crippen molar-refractivity contribution in [1.82, 2.24) is 14.7 Å². The number of aliphatic carboxylic acids is 1. The molecule has 0 spiro atoms. The van der Waals surface area contributed by atoms with Gasteiger partial charge in [-0.15, -0.1) is 0 Å². The minimum atomic E-state index is -1.00. The van der Waals surface area contributed by atoms with Crippen LogP contribution in [-0.2, 0) is 16.1 Å².